The van der Waals surface area contributed by atoms with Crippen LogP contribution in [0.2, 0.25) is 0 Å². The highest BCUT2D eigenvalue weighted by Gasteiger charge is 2.29. The van der Waals surface area contributed by atoms with Crippen molar-refractivity contribution < 1.29 is 19.1 Å². The van der Waals surface area contributed by atoms with Gasteiger partial charge < -0.3 is 19.5 Å². The second-order valence-electron chi connectivity index (χ2n) is 4.10. The number of nitro groups is 1. The van der Waals surface area contributed by atoms with Crippen LogP contribution in [0.1, 0.15) is 11.6 Å². The molecule has 0 spiro atoms. The van der Waals surface area contributed by atoms with Gasteiger partial charge in [0.25, 0.3) is 5.69 Å². The van der Waals surface area contributed by atoms with E-state index in [0.717, 1.165) is 0 Å². The molecular weight excluding hydrogens is 276 g/mol. The first-order chi connectivity index (χ1) is 8.75. The highest BCUT2D eigenvalue weighted by Crippen LogP contribution is 2.40. The van der Waals surface area contributed by atoms with E-state index in [-0.39, 0.29) is 30.9 Å². The van der Waals surface area contributed by atoms with Gasteiger partial charge in [-0.25, -0.2) is 0 Å². The number of morpholine rings is 1. The summed E-state index contributed by atoms with van der Waals surface area (Å²) in [6, 6.07) is 2.88. The third-order valence-electron chi connectivity index (χ3n) is 3.02. The van der Waals surface area contributed by atoms with Gasteiger partial charge in [0, 0.05) is 6.54 Å². The largest absolute Gasteiger partial charge is 0.454 e. The van der Waals surface area contributed by atoms with Gasteiger partial charge in [-0.1, -0.05) is 0 Å². The van der Waals surface area contributed by atoms with E-state index in [0.29, 0.717) is 36.8 Å². The number of nitro benzene ring substituents is 1. The molecule has 7 nitrogen and oxygen atoms in total. The minimum atomic E-state index is -0.409. The standard InChI is InChI=1S/C11H12N2O5.ClH/c14-13(15)9-4-11-10(17-6-18-11)3-7(9)8-5-16-2-1-12-8;/h3-4,8,12H,1-2,5-6H2;1H/t8-;/m0./s1. The maximum absolute atomic E-state index is 11.1. The summed E-state index contributed by atoms with van der Waals surface area (Å²) in [5, 5.41) is 14.3. The second-order valence-corrected chi connectivity index (χ2v) is 4.10. The number of benzene rings is 1. The Labute approximate surface area is 115 Å². The number of fused-ring (bicyclic) bond motifs is 1. The Morgan fingerprint density at radius 3 is 2.68 bits per heavy atom. The first-order valence-electron chi connectivity index (χ1n) is 5.65. The molecule has 0 aliphatic carbocycles. The summed E-state index contributed by atoms with van der Waals surface area (Å²) in [6.45, 7) is 1.82. The number of nitrogens with zero attached hydrogens (tertiary/aromatic N) is 1. The SMILES string of the molecule is Cl.O=[N+]([O-])c1cc2c(cc1[C@@H]1COCCN1)OCO2. The van der Waals surface area contributed by atoms with Crippen LogP contribution < -0.4 is 14.8 Å². The topological polar surface area (TPSA) is 82.9 Å². The Morgan fingerprint density at radius 1 is 1.32 bits per heavy atom. The molecule has 8 heteroatoms. The molecule has 1 fully saturated rings. The molecule has 0 amide bonds. The van der Waals surface area contributed by atoms with Gasteiger partial charge in [-0.2, -0.15) is 0 Å². The molecule has 0 aromatic heterocycles. The van der Waals surface area contributed by atoms with E-state index in [1.807, 2.05) is 0 Å². The van der Waals surface area contributed by atoms with Gasteiger partial charge in [-0.15, -0.1) is 12.4 Å². The zero-order chi connectivity index (χ0) is 12.5. The molecule has 19 heavy (non-hydrogen) atoms. The number of hydrogen-bond acceptors (Lipinski definition) is 6. The minimum Gasteiger partial charge on any atom is -0.454 e. The van der Waals surface area contributed by atoms with E-state index < -0.39 is 4.92 Å². The van der Waals surface area contributed by atoms with Gasteiger partial charge in [0.05, 0.1) is 35.8 Å². The highest BCUT2D eigenvalue weighted by atomic mass is 35.5. The van der Waals surface area contributed by atoms with Gasteiger partial charge in [-0.3, -0.25) is 10.1 Å². The van der Waals surface area contributed by atoms with Crippen LogP contribution in [0.5, 0.6) is 11.5 Å². The molecule has 2 aliphatic heterocycles. The van der Waals surface area contributed by atoms with E-state index in [1.54, 1.807) is 6.07 Å². The fourth-order valence-corrected chi connectivity index (χ4v) is 2.15. The van der Waals surface area contributed by atoms with Crippen molar-refractivity contribution in [1.29, 1.82) is 0 Å². The Morgan fingerprint density at radius 2 is 2.05 bits per heavy atom. The van der Waals surface area contributed by atoms with Crippen molar-refractivity contribution in [3.8, 4) is 11.5 Å². The molecule has 0 saturated carbocycles. The van der Waals surface area contributed by atoms with Crippen LogP contribution in [0.4, 0.5) is 5.69 Å². The Kier molecular flexibility index (Phi) is 4.08. The molecule has 2 aliphatic rings. The zero-order valence-corrected chi connectivity index (χ0v) is 10.8. The average Bonchev–Trinajstić information content (AvgIpc) is 2.85. The molecule has 1 N–H and O–H groups in total. The van der Waals surface area contributed by atoms with Crippen molar-refractivity contribution >= 4 is 18.1 Å². The Hall–Kier alpha value is -1.57. The van der Waals surface area contributed by atoms with Crippen LogP contribution in [0.25, 0.3) is 0 Å². The number of rotatable bonds is 2. The molecule has 0 radical (unpaired) electrons. The summed E-state index contributed by atoms with van der Waals surface area (Å²) in [4.78, 5) is 10.7. The Balaban J connectivity index is 0.00000133. The van der Waals surface area contributed by atoms with Crippen molar-refractivity contribution in [1.82, 2.24) is 5.32 Å². The molecule has 0 bridgehead atoms. The summed E-state index contributed by atoms with van der Waals surface area (Å²) in [7, 11) is 0. The van der Waals surface area contributed by atoms with E-state index in [4.69, 9.17) is 14.2 Å². The average molecular weight is 289 g/mol. The van der Waals surface area contributed by atoms with Gasteiger partial charge in [0.2, 0.25) is 6.79 Å². The minimum absolute atomic E-state index is 0. The third-order valence-corrected chi connectivity index (χ3v) is 3.02. The van der Waals surface area contributed by atoms with E-state index in [2.05, 4.69) is 5.32 Å². The van der Waals surface area contributed by atoms with E-state index in [9.17, 15) is 10.1 Å². The molecule has 1 saturated heterocycles. The molecule has 1 aromatic rings. The second kappa shape index (κ2) is 5.60. The molecule has 104 valence electrons. The fourth-order valence-electron chi connectivity index (χ4n) is 2.15. The number of ether oxygens (including phenoxy) is 3. The molecule has 1 aromatic carbocycles. The van der Waals surface area contributed by atoms with Gasteiger partial charge in [0.15, 0.2) is 11.5 Å². The first-order valence-corrected chi connectivity index (χ1v) is 5.65. The molecule has 0 unspecified atom stereocenters. The monoisotopic (exact) mass is 288 g/mol. The molecule has 3 rings (SSSR count). The van der Waals surface area contributed by atoms with Crippen LogP contribution in [-0.4, -0.2) is 31.5 Å². The van der Waals surface area contributed by atoms with Gasteiger partial charge in [0.1, 0.15) is 0 Å². The zero-order valence-electron chi connectivity index (χ0n) is 9.96. The lowest BCUT2D eigenvalue weighted by Gasteiger charge is -2.24. The van der Waals surface area contributed by atoms with E-state index >= 15 is 0 Å². The van der Waals surface area contributed by atoms with Crippen molar-refractivity contribution in [3.63, 3.8) is 0 Å². The number of hydrogen-bond donors (Lipinski definition) is 1. The third kappa shape index (κ3) is 2.58. The molecule has 2 heterocycles. The smallest absolute Gasteiger partial charge is 0.278 e. The molecular formula is C11H13ClN2O5. The van der Waals surface area contributed by atoms with Crippen LogP contribution in [0.15, 0.2) is 12.1 Å². The summed E-state index contributed by atoms with van der Waals surface area (Å²) < 4.78 is 15.7. The normalized spacial score (nSPS) is 20.7. The maximum atomic E-state index is 11.1. The van der Waals surface area contributed by atoms with Crippen LogP contribution >= 0.6 is 12.4 Å². The lowest BCUT2D eigenvalue weighted by Crippen LogP contribution is -2.34. The summed E-state index contributed by atoms with van der Waals surface area (Å²) in [5.41, 5.74) is 0.603. The fraction of sp³-hybridized carbons (Fsp3) is 0.455. The van der Waals surface area contributed by atoms with Gasteiger partial charge >= 0.3 is 0 Å². The van der Waals surface area contributed by atoms with Crippen molar-refractivity contribution in [2.45, 2.75) is 6.04 Å². The number of nitrogens with one attached hydrogen (secondary N) is 1. The van der Waals surface area contributed by atoms with Crippen molar-refractivity contribution in [2.24, 2.45) is 0 Å². The van der Waals surface area contributed by atoms with Crippen molar-refractivity contribution in [3.05, 3.63) is 27.8 Å². The summed E-state index contributed by atoms with van der Waals surface area (Å²) in [6.07, 6.45) is 0. The lowest BCUT2D eigenvalue weighted by molar-refractivity contribution is -0.385. The predicted octanol–water partition coefficient (Wildman–Crippen LogP) is 1.41. The number of halogens is 1. The Bertz CT molecular complexity index is 490. The van der Waals surface area contributed by atoms with E-state index in [1.165, 1.54) is 6.07 Å². The summed E-state index contributed by atoms with van der Waals surface area (Å²) in [5.74, 6) is 0.963. The van der Waals surface area contributed by atoms with Crippen LogP contribution in [0, 0.1) is 10.1 Å². The highest BCUT2D eigenvalue weighted by molar-refractivity contribution is 5.85. The quantitative estimate of drug-likeness (QED) is 0.654. The first kappa shape index (κ1) is 13.9. The predicted molar refractivity (Wildman–Crippen MR) is 68.0 cm³/mol. The summed E-state index contributed by atoms with van der Waals surface area (Å²) >= 11 is 0. The van der Waals surface area contributed by atoms with Crippen molar-refractivity contribution in [2.75, 3.05) is 26.6 Å². The maximum Gasteiger partial charge on any atom is 0.278 e. The van der Waals surface area contributed by atoms with Crippen LogP contribution in [0.3, 0.4) is 0 Å². The molecule has 1 atom stereocenters. The van der Waals surface area contributed by atoms with Crippen LogP contribution in [-0.2, 0) is 4.74 Å². The lowest BCUT2D eigenvalue weighted by atomic mass is 10.0. The van der Waals surface area contributed by atoms with Gasteiger partial charge in [-0.05, 0) is 6.07 Å².